The van der Waals surface area contributed by atoms with Crippen LogP contribution in [0.25, 0.3) is 11.1 Å². The second kappa shape index (κ2) is 7.84. The van der Waals surface area contributed by atoms with E-state index >= 15 is 0 Å². The van der Waals surface area contributed by atoms with Crippen molar-refractivity contribution in [1.29, 1.82) is 0 Å². The fourth-order valence-corrected chi connectivity index (χ4v) is 6.20. The summed E-state index contributed by atoms with van der Waals surface area (Å²) in [6, 6.07) is 15.7. The van der Waals surface area contributed by atoms with Gasteiger partial charge in [-0.15, -0.1) is 0 Å². The van der Waals surface area contributed by atoms with Crippen molar-refractivity contribution < 1.29 is 29.0 Å². The molecule has 2 aromatic carbocycles. The van der Waals surface area contributed by atoms with Crippen molar-refractivity contribution in [2.75, 3.05) is 26.4 Å². The van der Waals surface area contributed by atoms with Gasteiger partial charge >= 0.3 is 12.1 Å². The Morgan fingerprint density at radius 2 is 1.68 bits per heavy atom. The summed E-state index contributed by atoms with van der Waals surface area (Å²) in [6.45, 7) is 0.989. The fraction of sp³-hybridized carbons (Fsp3) is 0.423. The number of ether oxygens (including phenoxy) is 2. The number of aliphatic carboxylic acids is 1. The van der Waals surface area contributed by atoms with Gasteiger partial charge in [-0.25, -0.2) is 9.59 Å². The molecular formula is C26H26N2O6. The number of carboxylic acids is 1. The van der Waals surface area contributed by atoms with Crippen LogP contribution >= 0.6 is 0 Å². The van der Waals surface area contributed by atoms with Crippen molar-refractivity contribution in [2.24, 2.45) is 11.8 Å². The van der Waals surface area contributed by atoms with E-state index in [4.69, 9.17) is 9.47 Å². The Morgan fingerprint density at radius 3 is 2.32 bits per heavy atom. The van der Waals surface area contributed by atoms with Crippen LogP contribution in [0.2, 0.25) is 0 Å². The van der Waals surface area contributed by atoms with Gasteiger partial charge in [-0.1, -0.05) is 48.5 Å². The highest BCUT2D eigenvalue weighted by Crippen LogP contribution is 2.51. The lowest BCUT2D eigenvalue weighted by molar-refractivity contribution is -0.160. The number of hydrogen-bond donors (Lipinski definition) is 2. The number of nitrogens with one attached hydrogen (secondary N) is 1. The standard InChI is InChI=1S/C26H26N2O6/c29-23(28-11-15-9-26(28,10-15)24(30)31)21-12-33-14-22(21)27-25(32)34-13-20-18-7-3-1-5-16(18)17-6-2-4-8-19(17)20/h1-8,15,20-22H,9-14H2,(H,27,32)(H,30,31). The fourth-order valence-electron chi connectivity index (χ4n) is 6.20. The van der Waals surface area contributed by atoms with Crippen LogP contribution in [-0.2, 0) is 19.1 Å². The van der Waals surface area contributed by atoms with Crippen LogP contribution in [0.1, 0.15) is 29.9 Å². The highest BCUT2D eigenvalue weighted by Gasteiger charge is 2.63. The van der Waals surface area contributed by atoms with Crippen LogP contribution < -0.4 is 5.32 Å². The summed E-state index contributed by atoms with van der Waals surface area (Å²) < 4.78 is 11.1. The smallest absolute Gasteiger partial charge is 0.407 e. The summed E-state index contributed by atoms with van der Waals surface area (Å²) in [5, 5.41) is 12.5. The molecule has 3 heterocycles. The molecule has 2 aliphatic carbocycles. The monoisotopic (exact) mass is 462 g/mol. The summed E-state index contributed by atoms with van der Waals surface area (Å²) in [7, 11) is 0. The van der Waals surface area contributed by atoms with Crippen LogP contribution in [0, 0.1) is 11.8 Å². The predicted octanol–water partition coefficient (Wildman–Crippen LogP) is 2.62. The van der Waals surface area contributed by atoms with Crippen molar-refractivity contribution in [3.63, 3.8) is 0 Å². The molecule has 3 saturated heterocycles. The van der Waals surface area contributed by atoms with Gasteiger partial charge in [0.15, 0.2) is 0 Å². The molecule has 2 atom stereocenters. The first kappa shape index (κ1) is 21.2. The van der Waals surface area contributed by atoms with E-state index in [0.717, 1.165) is 22.3 Å². The number of amides is 2. The van der Waals surface area contributed by atoms with E-state index in [2.05, 4.69) is 29.6 Å². The zero-order chi connectivity index (χ0) is 23.4. The number of carbonyl (C=O) groups is 3. The normalized spacial score (nSPS) is 28.7. The summed E-state index contributed by atoms with van der Waals surface area (Å²) in [4.78, 5) is 39.2. The molecule has 0 aromatic heterocycles. The second-order valence-corrected chi connectivity index (χ2v) is 9.78. The van der Waals surface area contributed by atoms with Gasteiger partial charge in [0.05, 0.1) is 25.2 Å². The van der Waals surface area contributed by atoms with Crippen LogP contribution in [0.15, 0.2) is 48.5 Å². The Bertz CT molecular complexity index is 1130. The molecule has 7 rings (SSSR count). The maximum Gasteiger partial charge on any atom is 0.407 e. The molecule has 5 aliphatic rings. The third kappa shape index (κ3) is 3.12. The molecule has 2 unspecified atom stereocenters. The summed E-state index contributed by atoms with van der Waals surface area (Å²) in [6.07, 6.45) is 0.409. The SMILES string of the molecule is O=C(NC1COCC1C(=O)N1CC2CC1(C(=O)O)C2)OCC1c2ccccc2-c2ccccc21. The zero-order valence-electron chi connectivity index (χ0n) is 18.6. The number of fused-ring (bicyclic) bond motifs is 4. The third-order valence-corrected chi connectivity index (χ3v) is 7.92. The zero-order valence-corrected chi connectivity index (χ0v) is 18.6. The first-order chi connectivity index (χ1) is 16.5. The van der Waals surface area contributed by atoms with Gasteiger partial charge in [0.2, 0.25) is 5.91 Å². The number of hydrogen-bond acceptors (Lipinski definition) is 5. The Labute approximate surface area is 196 Å². The Balaban J connectivity index is 1.11. The van der Waals surface area contributed by atoms with Crippen molar-refractivity contribution in [3.05, 3.63) is 59.7 Å². The quantitative estimate of drug-likeness (QED) is 0.708. The number of rotatable bonds is 5. The minimum Gasteiger partial charge on any atom is -0.479 e. The van der Waals surface area contributed by atoms with Gasteiger partial charge < -0.3 is 24.8 Å². The molecule has 0 radical (unpaired) electrons. The van der Waals surface area contributed by atoms with Gasteiger partial charge in [0.1, 0.15) is 12.1 Å². The molecule has 8 nitrogen and oxygen atoms in total. The van der Waals surface area contributed by atoms with E-state index in [1.807, 2.05) is 24.3 Å². The van der Waals surface area contributed by atoms with Gasteiger partial charge in [-0.05, 0) is 41.0 Å². The van der Waals surface area contributed by atoms with E-state index < -0.39 is 29.6 Å². The highest BCUT2D eigenvalue weighted by molar-refractivity contribution is 5.91. The molecule has 2 N–H and O–H groups in total. The van der Waals surface area contributed by atoms with Crippen LogP contribution in [0.3, 0.4) is 0 Å². The van der Waals surface area contributed by atoms with E-state index in [-0.39, 0.29) is 37.6 Å². The van der Waals surface area contributed by atoms with Crippen LogP contribution in [0.4, 0.5) is 4.79 Å². The van der Waals surface area contributed by atoms with Crippen molar-refractivity contribution >= 4 is 18.0 Å². The molecule has 2 amide bonds. The van der Waals surface area contributed by atoms with Crippen molar-refractivity contribution in [3.8, 4) is 11.1 Å². The summed E-state index contributed by atoms with van der Waals surface area (Å²) in [5.41, 5.74) is 3.47. The molecular weight excluding hydrogens is 436 g/mol. The Morgan fingerprint density at radius 1 is 1.03 bits per heavy atom. The molecule has 8 heteroatoms. The first-order valence-corrected chi connectivity index (χ1v) is 11.7. The number of benzene rings is 2. The number of carbonyl (C=O) groups excluding carboxylic acids is 2. The third-order valence-electron chi connectivity index (χ3n) is 7.92. The maximum absolute atomic E-state index is 13.2. The largest absolute Gasteiger partial charge is 0.479 e. The van der Waals surface area contributed by atoms with E-state index in [9.17, 15) is 19.5 Å². The van der Waals surface area contributed by atoms with E-state index in [0.29, 0.717) is 19.4 Å². The van der Waals surface area contributed by atoms with Gasteiger partial charge in [-0.3, -0.25) is 4.79 Å². The maximum atomic E-state index is 13.2. The van der Waals surface area contributed by atoms with Crippen LogP contribution in [-0.4, -0.2) is 65.9 Å². The first-order valence-electron chi connectivity index (χ1n) is 11.7. The molecule has 176 valence electrons. The summed E-state index contributed by atoms with van der Waals surface area (Å²) >= 11 is 0. The second-order valence-electron chi connectivity index (χ2n) is 9.78. The molecule has 2 aromatic rings. The molecule has 34 heavy (non-hydrogen) atoms. The Hall–Kier alpha value is -3.39. The average Bonchev–Trinajstić information content (AvgIpc) is 3.57. The number of carboxylic acid groups (broad SMARTS) is 1. The lowest BCUT2D eigenvalue weighted by atomic mass is 9.73. The minimum absolute atomic E-state index is 0.0535. The predicted molar refractivity (Wildman–Crippen MR) is 121 cm³/mol. The van der Waals surface area contributed by atoms with E-state index in [1.54, 1.807) is 0 Å². The summed E-state index contributed by atoms with van der Waals surface area (Å²) in [5.74, 6) is -1.63. The van der Waals surface area contributed by atoms with Gasteiger partial charge in [0.25, 0.3) is 0 Å². The number of nitrogens with zero attached hydrogens (tertiary/aromatic N) is 1. The minimum atomic E-state index is -1.08. The lowest BCUT2D eigenvalue weighted by Crippen LogP contribution is -2.57. The number of alkyl carbamates (subject to hydrolysis) is 1. The van der Waals surface area contributed by atoms with Crippen molar-refractivity contribution in [1.82, 2.24) is 10.2 Å². The topological polar surface area (TPSA) is 105 Å². The highest BCUT2D eigenvalue weighted by atomic mass is 16.5. The van der Waals surface area contributed by atoms with Crippen molar-refractivity contribution in [2.45, 2.75) is 30.3 Å². The molecule has 3 aliphatic heterocycles. The Kier molecular flexibility index (Phi) is 4.88. The molecule has 4 fully saturated rings. The molecule has 0 spiro atoms. The molecule has 2 bridgehead atoms. The van der Waals surface area contributed by atoms with Gasteiger partial charge in [0, 0.05) is 12.5 Å². The van der Waals surface area contributed by atoms with Crippen LogP contribution in [0.5, 0.6) is 0 Å². The van der Waals surface area contributed by atoms with E-state index in [1.165, 1.54) is 4.90 Å². The van der Waals surface area contributed by atoms with Gasteiger partial charge in [-0.2, -0.15) is 0 Å². The average molecular weight is 463 g/mol. The lowest BCUT2D eigenvalue weighted by Gasteiger charge is -2.39. The molecule has 1 saturated carbocycles.